The number of carbonyl (C=O) groups is 1. The second kappa shape index (κ2) is 8.44. The lowest BCUT2D eigenvalue weighted by molar-refractivity contribution is -0.125. The third-order valence-corrected chi connectivity index (χ3v) is 4.91. The van der Waals surface area contributed by atoms with Crippen LogP contribution >= 0.6 is 11.8 Å². The first-order chi connectivity index (χ1) is 12.3. The molecule has 5 heteroatoms. The lowest BCUT2D eigenvalue weighted by Gasteiger charge is -2.12. The van der Waals surface area contributed by atoms with Crippen molar-refractivity contribution in [3.63, 3.8) is 0 Å². The molecule has 1 atom stereocenters. The second-order valence-corrected chi connectivity index (χ2v) is 6.74. The number of nitrogens with zero attached hydrogens (tertiary/aromatic N) is 3. The van der Waals surface area contributed by atoms with Gasteiger partial charge in [-0.25, -0.2) is 0 Å². The molecule has 1 unspecified atom stereocenters. The first-order valence-electron chi connectivity index (χ1n) is 8.07. The number of benzene rings is 2. The minimum Gasteiger partial charge on any atom is -0.285 e. The van der Waals surface area contributed by atoms with Gasteiger partial charge >= 0.3 is 0 Å². The van der Waals surface area contributed by atoms with Gasteiger partial charge in [0.05, 0.1) is 11.5 Å². The van der Waals surface area contributed by atoms with Crippen molar-refractivity contribution in [2.24, 2.45) is 10.2 Å². The largest absolute Gasteiger partial charge is 0.285 e. The summed E-state index contributed by atoms with van der Waals surface area (Å²) in [5, 5.41) is 8.86. The van der Waals surface area contributed by atoms with Crippen molar-refractivity contribution < 1.29 is 4.79 Å². The van der Waals surface area contributed by atoms with Gasteiger partial charge in [-0.3, -0.25) is 9.69 Å². The topological polar surface area (TPSA) is 45.0 Å². The maximum absolute atomic E-state index is 12.7. The van der Waals surface area contributed by atoms with Crippen molar-refractivity contribution >= 4 is 29.1 Å². The molecule has 0 saturated carbocycles. The van der Waals surface area contributed by atoms with Crippen molar-refractivity contribution in [3.05, 3.63) is 84.4 Å². The Kier molecular flexibility index (Phi) is 5.80. The molecule has 1 aliphatic heterocycles. The van der Waals surface area contributed by atoms with Gasteiger partial charge in [0.2, 0.25) is 5.91 Å². The van der Waals surface area contributed by atoms with E-state index in [-0.39, 0.29) is 11.2 Å². The summed E-state index contributed by atoms with van der Waals surface area (Å²) in [6.07, 6.45) is 4.08. The minimum absolute atomic E-state index is 0.0578. The molecule has 25 heavy (non-hydrogen) atoms. The van der Waals surface area contributed by atoms with Crippen LogP contribution in [0.4, 0.5) is 0 Å². The molecule has 1 amide bonds. The molecule has 1 heterocycles. The quantitative estimate of drug-likeness (QED) is 0.453. The summed E-state index contributed by atoms with van der Waals surface area (Å²) in [6, 6.07) is 19.8. The second-order valence-electron chi connectivity index (χ2n) is 5.57. The van der Waals surface area contributed by atoms with E-state index in [1.807, 2.05) is 60.7 Å². The zero-order valence-electron chi connectivity index (χ0n) is 13.8. The first-order valence-corrected chi connectivity index (χ1v) is 8.95. The number of hydrogen-bond donors (Lipinski definition) is 0. The van der Waals surface area contributed by atoms with E-state index < -0.39 is 0 Å². The number of rotatable bonds is 6. The zero-order chi connectivity index (χ0) is 17.5. The highest BCUT2D eigenvalue weighted by Gasteiger charge is 2.37. The summed E-state index contributed by atoms with van der Waals surface area (Å²) in [4.78, 5) is 14.3. The van der Waals surface area contributed by atoms with Crippen LogP contribution in [0.5, 0.6) is 0 Å². The maximum Gasteiger partial charge on any atom is 0.242 e. The molecule has 0 spiro atoms. The van der Waals surface area contributed by atoms with Gasteiger partial charge in [0.15, 0.2) is 5.17 Å². The van der Waals surface area contributed by atoms with E-state index >= 15 is 0 Å². The monoisotopic (exact) mass is 349 g/mol. The molecular formula is C20H19N3OS. The Hall–Kier alpha value is -2.66. The molecule has 1 aliphatic rings. The Morgan fingerprint density at radius 3 is 2.44 bits per heavy atom. The Bertz CT molecular complexity index is 787. The van der Waals surface area contributed by atoms with Gasteiger partial charge < -0.3 is 0 Å². The fourth-order valence-electron chi connectivity index (χ4n) is 2.53. The predicted molar refractivity (Wildman–Crippen MR) is 105 cm³/mol. The molecule has 0 N–H and O–H groups in total. The fraction of sp³-hybridized carbons (Fsp3) is 0.150. The summed E-state index contributed by atoms with van der Waals surface area (Å²) >= 11 is 1.46. The third-order valence-electron chi connectivity index (χ3n) is 3.75. The fourth-order valence-corrected chi connectivity index (χ4v) is 3.67. The van der Waals surface area contributed by atoms with E-state index in [2.05, 4.69) is 16.8 Å². The maximum atomic E-state index is 12.7. The van der Waals surface area contributed by atoms with Crippen LogP contribution in [0.15, 0.2) is 83.5 Å². The van der Waals surface area contributed by atoms with Gasteiger partial charge in [-0.05, 0) is 17.5 Å². The summed E-state index contributed by atoms with van der Waals surface area (Å²) in [6.45, 7) is 4.17. The van der Waals surface area contributed by atoms with Crippen molar-refractivity contribution in [1.29, 1.82) is 0 Å². The van der Waals surface area contributed by atoms with E-state index in [1.54, 1.807) is 17.2 Å². The number of carbonyl (C=O) groups excluding carboxylic acids is 1. The molecule has 0 radical (unpaired) electrons. The highest BCUT2D eigenvalue weighted by molar-refractivity contribution is 8.15. The zero-order valence-corrected chi connectivity index (χ0v) is 14.6. The molecule has 3 rings (SSSR count). The SMILES string of the molecule is C=CCN1C(=O)C(Cc2ccccc2)S/C1=N/N=C\c1ccccc1. The highest BCUT2D eigenvalue weighted by Crippen LogP contribution is 2.29. The van der Waals surface area contributed by atoms with Crippen LogP contribution < -0.4 is 0 Å². The number of amidine groups is 1. The van der Waals surface area contributed by atoms with Gasteiger partial charge in [-0.2, -0.15) is 5.10 Å². The molecular weight excluding hydrogens is 330 g/mol. The van der Waals surface area contributed by atoms with Crippen molar-refractivity contribution in [1.82, 2.24) is 4.90 Å². The predicted octanol–water partition coefficient (Wildman–Crippen LogP) is 3.75. The highest BCUT2D eigenvalue weighted by atomic mass is 32.2. The van der Waals surface area contributed by atoms with Gasteiger partial charge in [-0.15, -0.1) is 11.7 Å². The van der Waals surface area contributed by atoms with Gasteiger partial charge in [-0.1, -0.05) is 78.5 Å². The molecule has 0 aliphatic carbocycles. The molecule has 1 saturated heterocycles. The first kappa shape index (κ1) is 17.2. The third kappa shape index (κ3) is 4.45. The summed E-state index contributed by atoms with van der Waals surface area (Å²) in [5.74, 6) is 0.0578. The number of thioether (sulfide) groups is 1. The standard InChI is InChI=1S/C20H19N3OS/c1-2-13-23-19(24)18(14-16-9-5-3-6-10-16)25-20(23)22-21-15-17-11-7-4-8-12-17/h2-12,15,18H,1,13-14H2/b21-15-,22-20+. The molecule has 2 aromatic carbocycles. The van der Waals surface area contributed by atoms with Gasteiger partial charge in [0.25, 0.3) is 0 Å². The van der Waals surface area contributed by atoms with Crippen molar-refractivity contribution in [2.75, 3.05) is 6.54 Å². The molecule has 4 nitrogen and oxygen atoms in total. The smallest absolute Gasteiger partial charge is 0.242 e. The lowest BCUT2D eigenvalue weighted by Crippen LogP contribution is -2.32. The van der Waals surface area contributed by atoms with E-state index in [0.717, 1.165) is 11.1 Å². The van der Waals surface area contributed by atoms with Crippen LogP contribution in [0.1, 0.15) is 11.1 Å². The Balaban J connectivity index is 1.75. The lowest BCUT2D eigenvalue weighted by atomic mass is 10.1. The van der Waals surface area contributed by atoms with E-state index in [4.69, 9.17) is 0 Å². The molecule has 2 aromatic rings. The van der Waals surface area contributed by atoms with Crippen LogP contribution in [-0.2, 0) is 11.2 Å². The Morgan fingerprint density at radius 1 is 1.08 bits per heavy atom. The molecule has 1 fully saturated rings. The average Bonchev–Trinajstić information content (AvgIpc) is 2.93. The average molecular weight is 349 g/mol. The van der Waals surface area contributed by atoms with Crippen LogP contribution in [-0.4, -0.2) is 34.0 Å². The van der Waals surface area contributed by atoms with Crippen molar-refractivity contribution in [2.45, 2.75) is 11.7 Å². The van der Waals surface area contributed by atoms with E-state index in [1.165, 1.54) is 11.8 Å². The van der Waals surface area contributed by atoms with Gasteiger partial charge in [0, 0.05) is 6.54 Å². The molecule has 0 aromatic heterocycles. The number of hydrogen-bond acceptors (Lipinski definition) is 4. The van der Waals surface area contributed by atoms with Crippen LogP contribution in [0.25, 0.3) is 0 Å². The Labute approximate surface area is 152 Å². The van der Waals surface area contributed by atoms with Gasteiger partial charge in [0.1, 0.15) is 0 Å². The minimum atomic E-state index is -0.173. The molecule has 0 bridgehead atoms. The van der Waals surface area contributed by atoms with Crippen LogP contribution in [0.3, 0.4) is 0 Å². The number of amides is 1. The molecule has 126 valence electrons. The summed E-state index contributed by atoms with van der Waals surface area (Å²) in [7, 11) is 0. The van der Waals surface area contributed by atoms with Crippen LogP contribution in [0.2, 0.25) is 0 Å². The van der Waals surface area contributed by atoms with Crippen LogP contribution in [0, 0.1) is 0 Å². The van der Waals surface area contributed by atoms with E-state index in [9.17, 15) is 4.79 Å². The summed E-state index contributed by atoms with van der Waals surface area (Å²) in [5.41, 5.74) is 2.11. The summed E-state index contributed by atoms with van der Waals surface area (Å²) < 4.78 is 0. The van der Waals surface area contributed by atoms with Crippen molar-refractivity contribution in [3.8, 4) is 0 Å². The van der Waals surface area contributed by atoms with E-state index in [0.29, 0.717) is 18.1 Å². The Morgan fingerprint density at radius 2 is 1.76 bits per heavy atom. The normalized spacial score (nSPS) is 19.0.